The average Bonchev–Trinajstić information content (AvgIpc) is 3.24. The molecule has 4 aromatic rings. The molecule has 6 rings (SSSR count). The number of fused-ring (bicyclic) bond motifs is 1. The van der Waals surface area contributed by atoms with Crippen molar-refractivity contribution in [2.24, 2.45) is 5.92 Å². The summed E-state index contributed by atoms with van der Waals surface area (Å²) in [5.41, 5.74) is 2.98. The van der Waals surface area contributed by atoms with Crippen LogP contribution < -0.4 is 14.9 Å². The molecule has 0 saturated carbocycles. The first kappa shape index (κ1) is 27.8. The molecular formula is C28H33ClN8O3S. The molecule has 13 heteroatoms. The van der Waals surface area contributed by atoms with Gasteiger partial charge in [0.15, 0.2) is 11.0 Å². The zero-order valence-electron chi connectivity index (χ0n) is 23.2. The molecule has 2 N–H and O–H groups in total. The van der Waals surface area contributed by atoms with Crippen molar-refractivity contribution in [3.8, 4) is 11.4 Å². The SMILES string of the molecule is CC(C)c1ccc(N2CC(CNS(C)(=O)=O)C2)c2cnc(Nc3ccnc(-c4cn(C[C@H]5CCO5)nc4Cl)n3)cc12. The van der Waals surface area contributed by atoms with Gasteiger partial charge in [0.2, 0.25) is 10.0 Å². The molecule has 0 aliphatic carbocycles. The third-order valence-electron chi connectivity index (χ3n) is 7.52. The standard InChI is InChI=1S/C28H33ClN8O3S/c1-17(2)20-4-5-24(36-13-18(14-36)11-32-41(3,38)39)22-12-31-26(10-21(20)22)33-25-6-8-30-28(34-25)23-16-37(35-27(23)29)15-19-7-9-40-19/h4-6,8,10,12,16-19,32H,7,9,11,13-15H2,1-3H3,(H,30,31,33,34)/t19-/m1/s1. The van der Waals surface area contributed by atoms with Crippen molar-refractivity contribution in [1.29, 1.82) is 0 Å². The van der Waals surface area contributed by atoms with Crippen LogP contribution in [0, 0.1) is 5.92 Å². The zero-order valence-corrected chi connectivity index (χ0v) is 24.8. The van der Waals surface area contributed by atoms with Gasteiger partial charge >= 0.3 is 0 Å². The van der Waals surface area contributed by atoms with Crippen LogP contribution >= 0.6 is 11.6 Å². The van der Waals surface area contributed by atoms with E-state index in [2.05, 4.69) is 62.1 Å². The molecule has 3 aromatic heterocycles. The van der Waals surface area contributed by atoms with Gasteiger partial charge in [-0.2, -0.15) is 5.10 Å². The minimum absolute atomic E-state index is 0.169. The minimum Gasteiger partial charge on any atom is -0.376 e. The van der Waals surface area contributed by atoms with Gasteiger partial charge in [0, 0.05) is 61.8 Å². The van der Waals surface area contributed by atoms with E-state index in [-0.39, 0.29) is 12.0 Å². The number of benzene rings is 1. The van der Waals surface area contributed by atoms with Crippen molar-refractivity contribution in [3.05, 3.63) is 53.6 Å². The van der Waals surface area contributed by atoms with E-state index in [1.807, 2.05) is 12.4 Å². The van der Waals surface area contributed by atoms with E-state index >= 15 is 0 Å². The Morgan fingerprint density at radius 3 is 2.66 bits per heavy atom. The number of hydrogen-bond acceptors (Lipinski definition) is 9. The van der Waals surface area contributed by atoms with Gasteiger partial charge in [-0.05, 0) is 41.5 Å². The van der Waals surface area contributed by atoms with Gasteiger partial charge in [-0.3, -0.25) is 4.68 Å². The van der Waals surface area contributed by atoms with E-state index in [9.17, 15) is 8.42 Å². The van der Waals surface area contributed by atoms with E-state index < -0.39 is 10.0 Å². The molecule has 2 fully saturated rings. The quantitative estimate of drug-likeness (QED) is 0.277. The van der Waals surface area contributed by atoms with Crippen LogP contribution in [-0.2, 0) is 21.3 Å². The summed E-state index contributed by atoms with van der Waals surface area (Å²) in [7, 11) is -3.19. The van der Waals surface area contributed by atoms with Gasteiger partial charge < -0.3 is 15.0 Å². The highest BCUT2D eigenvalue weighted by molar-refractivity contribution is 7.88. The fraction of sp³-hybridized carbons (Fsp3) is 0.429. The van der Waals surface area contributed by atoms with Crippen LogP contribution in [0.5, 0.6) is 0 Å². The van der Waals surface area contributed by atoms with Crippen LogP contribution in [0.3, 0.4) is 0 Å². The number of ether oxygens (including phenoxy) is 1. The Hall–Kier alpha value is -3.32. The van der Waals surface area contributed by atoms with Gasteiger partial charge in [0.25, 0.3) is 0 Å². The molecule has 11 nitrogen and oxygen atoms in total. The molecule has 216 valence electrons. The average molecular weight is 597 g/mol. The van der Waals surface area contributed by atoms with Crippen molar-refractivity contribution < 1.29 is 13.2 Å². The molecule has 1 aromatic carbocycles. The topological polar surface area (TPSA) is 127 Å². The van der Waals surface area contributed by atoms with Crippen molar-refractivity contribution in [1.82, 2.24) is 29.5 Å². The van der Waals surface area contributed by atoms with Crippen molar-refractivity contribution in [3.63, 3.8) is 0 Å². The van der Waals surface area contributed by atoms with Gasteiger partial charge in [-0.1, -0.05) is 31.5 Å². The summed E-state index contributed by atoms with van der Waals surface area (Å²) < 4.78 is 32.8. The number of pyridine rings is 1. The molecule has 2 saturated heterocycles. The maximum atomic E-state index is 11.5. The molecule has 2 aliphatic heterocycles. The molecule has 0 radical (unpaired) electrons. The van der Waals surface area contributed by atoms with Crippen molar-refractivity contribution in [2.45, 2.75) is 38.8 Å². The highest BCUT2D eigenvalue weighted by Crippen LogP contribution is 2.37. The Morgan fingerprint density at radius 1 is 1.15 bits per heavy atom. The normalized spacial score (nSPS) is 17.6. The third-order valence-corrected chi connectivity index (χ3v) is 8.49. The Labute approximate surface area is 244 Å². The smallest absolute Gasteiger partial charge is 0.208 e. The van der Waals surface area contributed by atoms with E-state index in [0.717, 1.165) is 42.6 Å². The van der Waals surface area contributed by atoms with Gasteiger partial charge in [0.05, 0.1) is 24.5 Å². The lowest BCUT2D eigenvalue weighted by Crippen LogP contribution is -2.51. The summed E-state index contributed by atoms with van der Waals surface area (Å²) in [4.78, 5) is 16.1. The summed E-state index contributed by atoms with van der Waals surface area (Å²) in [6.07, 6.45) is 7.81. The number of rotatable bonds is 10. The first-order chi connectivity index (χ1) is 19.6. The van der Waals surface area contributed by atoms with Crippen LogP contribution in [0.4, 0.5) is 17.3 Å². The Kier molecular flexibility index (Phi) is 7.58. The Balaban J connectivity index is 1.22. The molecular weight excluding hydrogens is 564 g/mol. The summed E-state index contributed by atoms with van der Waals surface area (Å²) in [6.45, 7) is 7.81. The maximum Gasteiger partial charge on any atom is 0.208 e. The first-order valence-electron chi connectivity index (χ1n) is 13.7. The minimum atomic E-state index is -3.19. The number of nitrogens with zero attached hydrogens (tertiary/aromatic N) is 6. The Bertz CT molecular complexity index is 1680. The number of halogens is 1. The van der Waals surface area contributed by atoms with Crippen molar-refractivity contribution in [2.75, 3.05) is 42.7 Å². The summed E-state index contributed by atoms with van der Waals surface area (Å²) in [6, 6.07) is 8.16. The third kappa shape index (κ3) is 6.15. The second-order valence-electron chi connectivity index (χ2n) is 11.1. The predicted molar refractivity (Wildman–Crippen MR) is 160 cm³/mol. The highest BCUT2D eigenvalue weighted by Gasteiger charge is 2.29. The molecule has 0 unspecified atom stereocenters. The van der Waals surface area contributed by atoms with Crippen LogP contribution in [-0.4, -0.2) is 71.8 Å². The Morgan fingerprint density at radius 2 is 1.95 bits per heavy atom. The van der Waals surface area contributed by atoms with Gasteiger partial charge in [-0.25, -0.2) is 28.1 Å². The highest BCUT2D eigenvalue weighted by atomic mass is 35.5. The predicted octanol–water partition coefficient (Wildman–Crippen LogP) is 4.18. The first-order valence-corrected chi connectivity index (χ1v) is 16.0. The summed E-state index contributed by atoms with van der Waals surface area (Å²) in [5.74, 6) is 2.34. The largest absolute Gasteiger partial charge is 0.376 e. The lowest BCUT2D eigenvalue weighted by Gasteiger charge is -2.41. The molecule has 2 aliphatic rings. The molecule has 1 atom stereocenters. The van der Waals surface area contributed by atoms with Crippen LogP contribution in [0.2, 0.25) is 5.15 Å². The molecule has 41 heavy (non-hydrogen) atoms. The van der Waals surface area contributed by atoms with E-state index in [1.165, 1.54) is 11.8 Å². The van der Waals surface area contributed by atoms with Crippen LogP contribution in [0.1, 0.15) is 31.7 Å². The van der Waals surface area contributed by atoms with Crippen LogP contribution in [0.15, 0.2) is 42.9 Å². The second kappa shape index (κ2) is 11.2. The fourth-order valence-electron chi connectivity index (χ4n) is 5.23. The lowest BCUT2D eigenvalue weighted by atomic mass is 9.93. The number of nitrogens with one attached hydrogen (secondary N) is 2. The van der Waals surface area contributed by atoms with E-state index in [0.29, 0.717) is 47.2 Å². The number of aromatic nitrogens is 5. The summed E-state index contributed by atoms with van der Waals surface area (Å²) >= 11 is 6.43. The maximum absolute atomic E-state index is 11.5. The molecule has 5 heterocycles. The second-order valence-corrected chi connectivity index (χ2v) is 13.3. The van der Waals surface area contributed by atoms with Crippen LogP contribution in [0.25, 0.3) is 22.2 Å². The lowest BCUT2D eigenvalue weighted by molar-refractivity contribution is -0.0608. The monoisotopic (exact) mass is 596 g/mol. The summed E-state index contributed by atoms with van der Waals surface area (Å²) in [5, 5.41) is 10.3. The fourth-order valence-corrected chi connectivity index (χ4v) is 6.00. The number of hydrogen-bond donors (Lipinski definition) is 2. The molecule has 0 spiro atoms. The van der Waals surface area contributed by atoms with Crippen molar-refractivity contribution >= 4 is 49.7 Å². The van der Waals surface area contributed by atoms with Gasteiger partial charge in [-0.15, -0.1) is 0 Å². The number of anilines is 3. The number of sulfonamides is 1. The van der Waals surface area contributed by atoms with Gasteiger partial charge in [0.1, 0.15) is 11.6 Å². The van der Waals surface area contributed by atoms with E-state index in [4.69, 9.17) is 21.3 Å². The molecule has 0 amide bonds. The molecule has 0 bridgehead atoms. The van der Waals surface area contributed by atoms with E-state index in [1.54, 1.807) is 16.9 Å². The zero-order chi connectivity index (χ0) is 28.7.